The van der Waals surface area contributed by atoms with Gasteiger partial charge < -0.3 is 15.2 Å². The fraction of sp³-hybridized carbons (Fsp3) is 0.538. The second kappa shape index (κ2) is 6.24. The molecule has 1 aromatic carbocycles. The lowest BCUT2D eigenvalue weighted by molar-refractivity contribution is 0.0127. The maximum absolute atomic E-state index is 10.0. The molecule has 0 aliphatic heterocycles. The summed E-state index contributed by atoms with van der Waals surface area (Å²) in [6, 6.07) is 5.47. The largest absolute Gasteiger partial charge is 0.491 e. The van der Waals surface area contributed by atoms with Gasteiger partial charge in [0, 0.05) is 11.6 Å². The number of hydrogen-bond acceptors (Lipinski definition) is 3. The minimum Gasteiger partial charge on any atom is -0.491 e. The molecule has 17 heavy (non-hydrogen) atoms. The Morgan fingerprint density at radius 3 is 2.76 bits per heavy atom. The van der Waals surface area contributed by atoms with Crippen molar-refractivity contribution < 1.29 is 9.84 Å². The second-order valence-electron chi connectivity index (χ2n) is 4.48. The lowest BCUT2D eigenvalue weighted by Crippen LogP contribution is -2.42. The number of ether oxygens (including phenoxy) is 1. The van der Waals surface area contributed by atoms with Crippen molar-refractivity contribution in [3.63, 3.8) is 0 Å². The van der Waals surface area contributed by atoms with Crippen LogP contribution in [0.1, 0.15) is 19.4 Å². The molecule has 2 N–H and O–H groups in total. The number of rotatable bonds is 6. The van der Waals surface area contributed by atoms with Crippen LogP contribution in [0.5, 0.6) is 5.75 Å². The van der Waals surface area contributed by atoms with Crippen molar-refractivity contribution in [2.45, 2.75) is 26.4 Å². The average Bonchev–Trinajstić information content (AvgIpc) is 2.28. The summed E-state index contributed by atoms with van der Waals surface area (Å²) in [5, 5.41) is 13.8. The van der Waals surface area contributed by atoms with Crippen LogP contribution < -0.4 is 10.1 Å². The van der Waals surface area contributed by atoms with Crippen LogP contribution in [-0.2, 0) is 0 Å². The highest BCUT2D eigenvalue weighted by Crippen LogP contribution is 2.21. The summed E-state index contributed by atoms with van der Waals surface area (Å²) in [6.07, 6.45) is 0. The summed E-state index contributed by atoms with van der Waals surface area (Å²) < 4.78 is 5.56. The first-order valence-corrected chi connectivity index (χ1v) is 6.14. The van der Waals surface area contributed by atoms with Crippen LogP contribution in [0.15, 0.2) is 18.2 Å². The van der Waals surface area contributed by atoms with Gasteiger partial charge in [0.25, 0.3) is 0 Å². The van der Waals surface area contributed by atoms with Crippen LogP contribution in [-0.4, -0.2) is 30.4 Å². The standard InChI is InChI=1S/C13H20ClNO2/c1-4-15-8-13(3,16)9-17-11-5-6-12(14)10(2)7-11/h5-7,15-16H,4,8-9H2,1-3H3. The fourth-order valence-electron chi connectivity index (χ4n) is 1.39. The number of aryl methyl sites for hydroxylation is 1. The first-order valence-electron chi connectivity index (χ1n) is 5.76. The molecule has 0 fully saturated rings. The van der Waals surface area contributed by atoms with E-state index in [1.165, 1.54) is 0 Å². The van der Waals surface area contributed by atoms with Gasteiger partial charge in [0.15, 0.2) is 0 Å². The van der Waals surface area contributed by atoms with Gasteiger partial charge in [0.05, 0.1) is 0 Å². The molecule has 0 saturated heterocycles. The molecule has 0 radical (unpaired) electrons. The third kappa shape index (κ3) is 4.94. The molecule has 0 aliphatic rings. The van der Waals surface area contributed by atoms with Crippen molar-refractivity contribution in [3.8, 4) is 5.75 Å². The molecule has 4 heteroatoms. The highest BCUT2D eigenvalue weighted by molar-refractivity contribution is 6.31. The molecule has 0 aliphatic carbocycles. The smallest absolute Gasteiger partial charge is 0.119 e. The van der Waals surface area contributed by atoms with Crippen molar-refractivity contribution in [2.24, 2.45) is 0 Å². The Bertz CT molecular complexity index is 366. The Hall–Kier alpha value is -0.770. The van der Waals surface area contributed by atoms with Gasteiger partial charge in [-0.2, -0.15) is 0 Å². The van der Waals surface area contributed by atoms with Gasteiger partial charge >= 0.3 is 0 Å². The predicted octanol–water partition coefficient (Wildman–Crippen LogP) is 2.39. The number of hydrogen-bond donors (Lipinski definition) is 2. The van der Waals surface area contributed by atoms with E-state index in [-0.39, 0.29) is 6.61 Å². The zero-order valence-electron chi connectivity index (χ0n) is 10.6. The molecule has 0 saturated carbocycles. The van der Waals surface area contributed by atoms with Crippen molar-refractivity contribution in [3.05, 3.63) is 28.8 Å². The van der Waals surface area contributed by atoms with Crippen LogP contribution in [0.3, 0.4) is 0 Å². The highest BCUT2D eigenvalue weighted by Gasteiger charge is 2.20. The molecule has 0 spiro atoms. The van der Waals surface area contributed by atoms with Crippen LogP contribution in [0.4, 0.5) is 0 Å². The van der Waals surface area contributed by atoms with Crippen LogP contribution in [0, 0.1) is 6.92 Å². The Morgan fingerprint density at radius 1 is 1.47 bits per heavy atom. The van der Waals surface area contributed by atoms with Crippen molar-refractivity contribution in [1.29, 1.82) is 0 Å². The van der Waals surface area contributed by atoms with E-state index in [1.54, 1.807) is 19.1 Å². The Morgan fingerprint density at radius 2 is 2.18 bits per heavy atom. The Balaban J connectivity index is 2.51. The van der Waals surface area contributed by atoms with Crippen LogP contribution in [0.2, 0.25) is 5.02 Å². The summed E-state index contributed by atoms with van der Waals surface area (Å²) in [4.78, 5) is 0. The lowest BCUT2D eigenvalue weighted by atomic mass is 10.1. The molecule has 0 amide bonds. The first-order chi connectivity index (χ1) is 7.94. The van der Waals surface area contributed by atoms with Gasteiger partial charge in [0.2, 0.25) is 0 Å². The van der Waals surface area contributed by atoms with Crippen LogP contribution >= 0.6 is 11.6 Å². The molecule has 1 unspecified atom stereocenters. The van der Waals surface area contributed by atoms with E-state index >= 15 is 0 Å². The first kappa shape index (κ1) is 14.3. The number of likely N-dealkylation sites (N-methyl/N-ethyl adjacent to an activating group) is 1. The van der Waals surface area contributed by atoms with E-state index in [9.17, 15) is 5.11 Å². The maximum Gasteiger partial charge on any atom is 0.119 e. The van der Waals surface area contributed by atoms with Gasteiger partial charge in [-0.1, -0.05) is 18.5 Å². The molecule has 0 bridgehead atoms. The number of benzene rings is 1. The highest BCUT2D eigenvalue weighted by atomic mass is 35.5. The normalized spacial score (nSPS) is 14.4. The third-order valence-corrected chi connectivity index (χ3v) is 2.86. The molecule has 1 atom stereocenters. The zero-order valence-corrected chi connectivity index (χ0v) is 11.3. The minimum absolute atomic E-state index is 0.251. The molecular weight excluding hydrogens is 238 g/mol. The van der Waals surface area contributed by atoms with Gasteiger partial charge in [-0.25, -0.2) is 0 Å². The quantitative estimate of drug-likeness (QED) is 0.822. The predicted molar refractivity (Wildman–Crippen MR) is 70.9 cm³/mol. The molecule has 3 nitrogen and oxygen atoms in total. The van der Waals surface area contributed by atoms with Gasteiger partial charge in [-0.3, -0.25) is 0 Å². The molecule has 0 heterocycles. The summed E-state index contributed by atoms with van der Waals surface area (Å²) in [7, 11) is 0. The van der Waals surface area contributed by atoms with E-state index in [4.69, 9.17) is 16.3 Å². The van der Waals surface area contributed by atoms with E-state index in [0.717, 1.165) is 22.9 Å². The number of aliphatic hydroxyl groups is 1. The van der Waals surface area contributed by atoms with Gasteiger partial charge in [-0.05, 0) is 44.2 Å². The maximum atomic E-state index is 10.0. The Labute approximate surface area is 108 Å². The van der Waals surface area contributed by atoms with Crippen molar-refractivity contribution in [1.82, 2.24) is 5.32 Å². The summed E-state index contributed by atoms with van der Waals surface area (Å²) in [6.45, 7) is 7.26. The Kier molecular flexibility index (Phi) is 5.25. The SMILES string of the molecule is CCNCC(C)(O)COc1ccc(Cl)c(C)c1. The summed E-state index contributed by atoms with van der Waals surface area (Å²) in [5.74, 6) is 0.726. The average molecular weight is 258 g/mol. The molecule has 1 aromatic rings. The fourth-order valence-corrected chi connectivity index (χ4v) is 1.51. The van der Waals surface area contributed by atoms with Gasteiger partial charge in [-0.15, -0.1) is 0 Å². The topological polar surface area (TPSA) is 41.5 Å². The second-order valence-corrected chi connectivity index (χ2v) is 4.88. The van der Waals surface area contributed by atoms with Gasteiger partial charge in [0.1, 0.15) is 18.0 Å². The van der Waals surface area contributed by atoms with E-state index in [1.807, 2.05) is 19.9 Å². The summed E-state index contributed by atoms with van der Waals surface area (Å²) >= 11 is 5.92. The zero-order chi connectivity index (χ0) is 12.9. The molecule has 96 valence electrons. The van der Waals surface area contributed by atoms with E-state index in [0.29, 0.717) is 6.54 Å². The number of halogens is 1. The molecular formula is C13H20ClNO2. The third-order valence-electron chi connectivity index (χ3n) is 2.44. The number of nitrogens with one attached hydrogen (secondary N) is 1. The minimum atomic E-state index is -0.871. The van der Waals surface area contributed by atoms with Crippen LogP contribution in [0.25, 0.3) is 0 Å². The van der Waals surface area contributed by atoms with E-state index in [2.05, 4.69) is 5.32 Å². The summed E-state index contributed by atoms with van der Waals surface area (Å²) in [5.41, 5.74) is 0.0966. The molecule has 0 aromatic heterocycles. The molecule has 1 rings (SSSR count). The lowest BCUT2D eigenvalue weighted by Gasteiger charge is -2.23. The monoisotopic (exact) mass is 257 g/mol. The van der Waals surface area contributed by atoms with Crippen molar-refractivity contribution >= 4 is 11.6 Å². The van der Waals surface area contributed by atoms with E-state index < -0.39 is 5.60 Å². The van der Waals surface area contributed by atoms with Crippen molar-refractivity contribution in [2.75, 3.05) is 19.7 Å².